The third-order valence-corrected chi connectivity index (χ3v) is 3.94. The molecule has 1 unspecified atom stereocenters. The summed E-state index contributed by atoms with van der Waals surface area (Å²) in [5.41, 5.74) is 8.06. The minimum Gasteiger partial charge on any atom is -0.371 e. The van der Waals surface area contributed by atoms with Crippen LogP contribution in [-0.2, 0) is 6.42 Å². The van der Waals surface area contributed by atoms with E-state index in [9.17, 15) is 4.39 Å². The van der Waals surface area contributed by atoms with Crippen molar-refractivity contribution >= 4 is 5.69 Å². The van der Waals surface area contributed by atoms with Gasteiger partial charge in [-0.3, -0.25) is 0 Å². The van der Waals surface area contributed by atoms with Gasteiger partial charge in [0.2, 0.25) is 0 Å². The molecule has 114 valence electrons. The third-order valence-electron chi connectivity index (χ3n) is 3.94. The molecule has 0 amide bonds. The van der Waals surface area contributed by atoms with Gasteiger partial charge in [-0.25, -0.2) is 4.39 Å². The fourth-order valence-electron chi connectivity index (χ4n) is 2.63. The first-order chi connectivity index (χ1) is 9.51. The van der Waals surface area contributed by atoms with Gasteiger partial charge in [0, 0.05) is 24.8 Å². The van der Waals surface area contributed by atoms with Crippen LogP contribution in [0.5, 0.6) is 0 Å². The second-order valence-electron chi connectivity index (χ2n) is 5.68. The standard InChI is InChI=1S/C17H29FN2/c1-5-14(6-2)12-20(7-3)17-9-8-16(18)11-15(17)10-13(4)19/h8-9,11,13-14H,5-7,10,12,19H2,1-4H3. The van der Waals surface area contributed by atoms with Gasteiger partial charge in [-0.15, -0.1) is 0 Å². The molecule has 0 aliphatic carbocycles. The molecule has 2 N–H and O–H groups in total. The Kier molecular flexibility index (Phi) is 7.00. The van der Waals surface area contributed by atoms with Gasteiger partial charge in [0.1, 0.15) is 5.82 Å². The van der Waals surface area contributed by atoms with Crippen LogP contribution < -0.4 is 10.6 Å². The molecule has 0 saturated carbocycles. The predicted octanol–water partition coefficient (Wildman–Crippen LogP) is 3.98. The molecule has 0 bridgehead atoms. The topological polar surface area (TPSA) is 29.3 Å². The highest BCUT2D eigenvalue weighted by Crippen LogP contribution is 2.25. The van der Waals surface area contributed by atoms with Gasteiger partial charge in [-0.2, -0.15) is 0 Å². The molecule has 0 fully saturated rings. The molecule has 1 rings (SSSR count). The normalized spacial score (nSPS) is 12.8. The molecule has 0 radical (unpaired) electrons. The van der Waals surface area contributed by atoms with Crippen LogP contribution in [0.2, 0.25) is 0 Å². The van der Waals surface area contributed by atoms with Crippen LogP contribution in [0.25, 0.3) is 0 Å². The van der Waals surface area contributed by atoms with Crippen molar-refractivity contribution in [3.8, 4) is 0 Å². The molecule has 1 atom stereocenters. The first-order valence-electron chi connectivity index (χ1n) is 7.80. The van der Waals surface area contributed by atoms with E-state index < -0.39 is 0 Å². The van der Waals surface area contributed by atoms with E-state index in [2.05, 4.69) is 25.7 Å². The van der Waals surface area contributed by atoms with Crippen LogP contribution in [0.1, 0.15) is 46.1 Å². The number of anilines is 1. The Labute approximate surface area is 123 Å². The lowest BCUT2D eigenvalue weighted by atomic mass is 10.00. The monoisotopic (exact) mass is 280 g/mol. The Balaban J connectivity index is 3.01. The average molecular weight is 280 g/mol. The van der Waals surface area contributed by atoms with Crippen molar-refractivity contribution in [3.05, 3.63) is 29.6 Å². The smallest absolute Gasteiger partial charge is 0.123 e. The molecule has 0 aromatic heterocycles. The van der Waals surface area contributed by atoms with Crippen molar-refractivity contribution in [2.75, 3.05) is 18.0 Å². The third kappa shape index (κ3) is 4.78. The number of nitrogens with zero attached hydrogens (tertiary/aromatic N) is 1. The minimum atomic E-state index is -0.178. The van der Waals surface area contributed by atoms with E-state index in [-0.39, 0.29) is 11.9 Å². The summed E-state index contributed by atoms with van der Waals surface area (Å²) < 4.78 is 13.5. The lowest BCUT2D eigenvalue weighted by Gasteiger charge is -2.30. The highest BCUT2D eigenvalue weighted by atomic mass is 19.1. The van der Waals surface area contributed by atoms with E-state index in [1.165, 1.54) is 12.8 Å². The molecule has 1 aromatic carbocycles. The van der Waals surface area contributed by atoms with Gasteiger partial charge in [0.05, 0.1) is 0 Å². The molecule has 0 aliphatic rings. The van der Waals surface area contributed by atoms with E-state index in [0.29, 0.717) is 12.3 Å². The van der Waals surface area contributed by atoms with Gasteiger partial charge in [0.15, 0.2) is 0 Å². The van der Waals surface area contributed by atoms with Crippen molar-refractivity contribution < 1.29 is 4.39 Å². The van der Waals surface area contributed by atoms with Crippen molar-refractivity contribution in [3.63, 3.8) is 0 Å². The van der Waals surface area contributed by atoms with Crippen molar-refractivity contribution in [1.29, 1.82) is 0 Å². The van der Waals surface area contributed by atoms with Gasteiger partial charge in [0.25, 0.3) is 0 Å². The first kappa shape index (κ1) is 17.0. The van der Waals surface area contributed by atoms with Crippen molar-refractivity contribution in [2.45, 2.75) is 53.0 Å². The summed E-state index contributed by atoms with van der Waals surface area (Å²) in [5.74, 6) is 0.506. The number of halogens is 1. The summed E-state index contributed by atoms with van der Waals surface area (Å²) in [6.07, 6.45) is 3.07. The van der Waals surface area contributed by atoms with Crippen LogP contribution in [0.3, 0.4) is 0 Å². The van der Waals surface area contributed by atoms with Crippen LogP contribution in [0, 0.1) is 11.7 Å². The maximum absolute atomic E-state index is 13.5. The Bertz CT molecular complexity index is 400. The van der Waals surface area contributed by atoms with Crippen LogP contribution in [0.15, 0.2) is 18.2 Å². The van der Waals surface area contributed by atoms with Crippen molar-refractivity contribution in [1.82, 2.24) is 0 Å². The summed E-state index contributed by atoms with van der Waals surface area (Å²) in [5, 5.41) is 0. The SMILES string of the molecule is CCC(CC)CN(CC)c1ccc(F)cc1CC(C)N. The van der Waals surface area contributed by atoms with E-state index in [4.69, 9.17) is 5.73 Å². The lowest BCUT2D eigenvalue weighted by Crippen LogP contribution is -2.30. The van der Waals surface area contributed by atoms with Gasteiger partial charge in [-0.05, 0) is 49.9 Å². The number of nitrogens with two attached hydrogens (primary N) is 1. The largest absolute Gasteiger partial charge is 0.371 e. The summed E-state index contributed by atoms with van der Waals surface area (Å²) >= 11 is 0. The summed E-state index contributed by atoms with van der Waals surface area (Å²) in [6.45, 7) is 10.5. The minimum absolute atomic E-state index is 0.0439. The quantitative estimate of drug-likeness (QED) is 0.780. The number of hydrogen-bond donors (Lipinski definition) is 1. The van der Waals surface area contributed by atoms with Crippen LogP contribution >= 0.6 is 0 Å². The second-order valence-corrected chi connectivity index (χ2v) is 5.68. The number of hydrogen-bond acceptors (Lipinski definition) is 2. The molecular formula is C17H29FN2. The van der Waals surface area contributed by atoms with E-state index in [1.807, 2.05) is 13.0 Å². The summed E-state index contributed by atoms with van der Waals surface area (Å²) in [7, 11) is 0. The first-order valence-corrected chi connectivity index (χ1v) is 7.80. The zero-order valence-corrected chi connectivity index (χ0v) is 13.3. The highest BCUT2D eigenvalue weighted by molar-refractivity contribution is 5.54. The number of benzene rings is 1. The molecule has 0 aliphatic heterocycles. The molecule has 0 spiro atoms. The van der Waals surface area contributed by atoms with Crippen LogP contribution in [0.4, 0.5) is 10.1 Å². The fraction of sp³-hybridized carbons (Fsp3) is 0.647. The maximum atomic E-state index is 13.5. The lowest BCUT2D eigenvalue weighted by molar-refractivity contribution is 0.485. The Morgan fingerprint density at radius 1 is 1.20 bits per heavy atom. The molecular weight excluding hydrogens is 251 g/mol. The molecule has 3 heteroatoms. The molecule has 0 saturated heterocycles. The van der Waals surface area contributed by atoms with Crippen molar-refractivity contribution in [2.24, 2.45) is 11.7 Å². The molecule has 1 aromatic rings. The Morgan fingerprint density at radius 2 is 1.85 bits per heavy atom. The average Bonchev–Trinajstić information content (AvgIpc) is 2.41. The van der Waals surface area contributed by atoms with E-state index in [0.717, 1.165) is 24.3 Å². The fourth-order valence-corrected chi connectivity index (χ4v) is 2.63. The second kappa shape index (κ2) is 8.25. The molecule has 0 heterocycles. The highest BCUT2D eigenvalue weighted by Gasteiger charge is 2.15. The van der Waals surface area contributed by atoms with Gasteiger partial charge in [-0.1, -0.05) is 26.7 Å². The summed E-state index contributed by atoms with van der Waals surface area (Å²) in [4.78, 5) is 2.36. The zero-order valence-electron chi connectivity index (χ0n) is 13.3. The van der Waals surface area contributed by atoms with E-state index >= 15 is 0 Å². The molecule has 20 heavy (non-hydrogen) atoms. The van der Waals surface area contributed by atoms with Crippen LogP contribution in [-0.4, -0.2) is 19.1 Å². The summed E-state index contributed by atoms with van der Waals surface area (Å²) in [6, 6.07) is 5.13. The Morgan fingerprint density at radius 3 is 2.35 bits per heavy atom. The van der Waals surface area contributed by atoms with E-state index in [1.54, 1.807) is 12.1 Å². The van der Waals surface area contributed by atoms with Gasteiger partial charge >= 0.3 is 0 Å². The zero-order chi connectivity index (χ0) is 15.1. The predicted molar refractivity (Wildman–Crippen MR) is 85.7 cm³/mol. The Hall–Kier alpha value is -1.09. The maximum Gasteiger partial charge on any atom is 0.123 e. The molecule has 2 nitrogen and oxygen atoms in total. The number of rotatable bonds is 8. The van der Waals surface area contributed by atoms with Gasteiger partial charge < -0.3 is 10.6 Å².